The van der Waals surface area contributed by atoms with E-state index in [2.05, 4.69) is 12.1 Å². The fraction of sp³-hybridized carbons (Fsp3) is 0.143. The highest BCUT2D eigenvalue weighted by Gasteiger charge is 2.19. The van der Waals surface area contributed by atoms with E-state index in [1.807, 2.05) is 51.1 Å². The Balaban J connectivity index is 2.40. The molecule has 0 unspecified atom stereocenters. The fourth-order valence-electron chi connectivity index (χ4n) is 3.09. The van der Waals surface area contributed by atoms with Gasteiger partial charge in [-0.15, -0.1) is 0 Å². The summed E-state index contributed by atoms with van der Waals surface area (Å²) in [6, 6.07) is 17.3. The molecule has 0 aromatic heterocycles. The van der Waals surface area contributed by atoms with Gasteiger partial charge in [0.25, 0.3) is 0 Å². The largest absolute Gasteiger partial charge is 0.508 e. The van der Waals surface area contributed by atoms with Gasteiger partial charge >= 0.3 is 0 Å². The number of hydrogen-bond acceptors (Lipinski definition) is 2. The van der Waals surface area contributed by atoms with Crippen molar-refractivity contribution in [2.24, 2.45) is 0 Å². The number of rotatable bonds is 2. The molecule has 0 bridgehead atoms. The maximum absolute atomic E-state index is 10.5. The van der Waals surface area contributed by atoms with Crippen LogP contribution in [0.2, 0.25) is 0 Å². The molecule has 0 aliphatic heterocycles. The summed E-state index contributed by atoms with van der Waals surface area (Å²) in [5.41, 5.74) is 7.07. The third-order valence-corrected chi connectivity index (χ3v) is 4.49. The Morgan fingerprint density at radius 3 is 1.70 bits per heavy atom. The fourth-order valence-corrected chi connectivity index (χ4v) is 3.09. The van der Waals surface area contributed by atoms with Gasteiger partial charge in [-0.3, -0.25) is 0 Å². The van der Waals surface area contributed by atoms with Crippen molar-refractivity contribution in [2.45, 2.75) is 20.8 Å². The van der Waals surface area contributed by atoms with E-state index in [-0.39, 0.29) is 5.75 Å². The molecule has 0 spiro atoms. The summed E-state index contributed by atoms with van der Waals surface area (Å²) in [6.07, 6.45) is 0. The van der Waals surface area contributed by atoms with Crippen LogP contribution in [-0.4, -0.2) is 10.2 Å². The van der Waals surface area contributed by atoms with Crippen LogP contribution in [0.1, 0.15) is 16.7 Å². The molecule has 0 saturated carbocycles. The lowest BCUT2D eigenvalue weighted by Crippen LogP contribution is -1.97. The second kappa shape index (κ2) is 5.81. The van der Waals surface area contributed by atoms with Crippen LogP contribution in [-0.2, 0) is 0 Å². The Morgan fingerprint density at radius 2 is 1.09 bits per heavy atom. The molecular weight excluding hydrogens is 284 g/mol. The van der Waals surface area contributed by atoms with Crippen LogP contribution >= 0.6 is 0 Å². The lowest BCUT2D eigenvalue weighted by atomic mass is 9.85. The Morgan fingerprint density at radius 1 is 0.565 bits per heavy atom. The second-order valence-corrected chi connectivity index (χ2v) is 5.89. The second-order valence-electron chi connectivity index (χ2n) is 5.89. The van der Waals surface area contributed by atoms with E-state index < -0.39 is 0 Å². The topological polar surface area (TPSA) is 40.5 Å². The van der Waals surface area contributed by atoms with E-state index in [0.717, 1.165) is 38.9 Å². The summed E-state index contributed by atoms with van der Waals surface area (Å²) >= 11 is 0. The molecule has 2 N–H and O–H groups in total. The number of phenols is 2. The zero-order valence-corrected chi connectivity index (χ0v) is 13.6. The lowest BCUT2D eigenvalue weighted by Gasteiger charge is -2.20. The van der Waals surface area contributed by atoms with Gasteiger partial charge in [-0.1, -0.05) is 42.5 Å². The number of hydrogen-bond donors (Lipinski definition) is 2. The molecule has 0 saturated heterocycles. The van der Waals surface area contributed by atoms with E-state index in [1.54, 1.807) is 12.1 Å². The Labute approximate surface area is 136 Å². The maximum Gasteiger partial charge on any atom is 0.122 e. The molecule has 0 radical (unpaired) electrons. The van der Waals surface area contributed by atoms with Gasteiger partial charge in [-0.05, 0) is 71.8 Å². The average molecular weight is 304 g/mol. The first-order chi connectivity index (χ1) is 11.0. The zero-order chi connectivity index (χ0) is 16.6. The Hall–Kier alpha value is -2.74. The molecule has 0 aliphatic rings. The molecule has 116 valence electrons. The van der Waals surface area contributed by atoms with Crippen LogP contribution in [0.25, 0.3) is 22.3 Å². The van der Waals surface area contributed by atoms with Gasteiger partial charge in [0.2, 0.25) is 0 Å². The smallest absolute Gasteiger partial charge is 0.122 e. The van der Waals surface area contributed by atoms with Crippen molar-refractivity contribution >= 4 is 0 Å². The van der Waals surface area contributed by atoms with Gasteiger partial charge in [0.15, 0.2) is 0 Å². The van der Waals surface area contributed by atoms with E-state index >= 15 is 0 Å². The van der Waals surface area contributed by atoms with Gasteiger partial charge in [-0.25, -0.2) is 0 Å². The first-order valence-electron chi connectivity index (χ1n) is 7.68. The van der Waals surface area contributed by atoms with E-state index in [1.165, 1.54) is 0 Å². The molecule has 0 heterocycles. The van der Waals surface area contributed by atoms with Crippen LogP contribution in [0, 0.1) is 20.8 Å². The van der Waals surface area contributed by atoms with Crippen molar-refractivity contribution in [1.29, 1.82) is 0 Å². The molecule has 3 rings (SSSR count). The molecular formula is C21H20O2. The van der Waals surface area contributed by atoms with E-state index in [4.69, 9.17) is 0 Å². The standard InChI is InChI=1S/C21H20O2/c1-13-14(2)21(23)15(3)20(16-7-5-4-6-8-16)19(13)17-9-11-18(22)12-10-17/h4-12,22-23H,1-3H3. The first-order valence-corrected chi connectivity index (χ1v) is 7.68. The maximum atomic E-state index is 10.5. The van der Waals surface area contributed by atoms with E-state index in [9.17, 15) is 10.2 Å². The van der Waals surface area contributed by atoms with Crippen molar-refractivity contribution in [3.8, 4) is 33.8 Å². The van der Waals surface area contributed by atoms with Crippen LogP contribution in [0.3, 0.4) is 0 Å². The predicted octanol–water partition coefficient (Wildman–Crippen LogP) is 5.36. The number of benzene rings is 3. The van der Waals surface area contributed by atoms with Gasteiger partial charge in [0.1, 0.15) is 11.5 Å². The normalized spacial score (nSPS) is 10.7. The molecule has 0 amide bonds. The summed E-state index contributed by atoms with van der Waals surface area (Å²) in [4.78, 5) is 0. The minimum absolute atomic E-state index is 0.250. The molecule has 0 fully saturated rings. The summed E-state index contributed by atoms with van der Waals surface area (Å²) in [6.45, 7) is 5.92. The summed E-state index contributed by atoms with van der Waals surface area (Å²) < 4.78 is 0. The van der Waals surface area contributed by atoms with Gasteiger partial charge in [0, 0.05) is 0 Å². The van der Waals surface area contributed by atoms with Crippen LogP contribution in [0.4, 0.5) is 0 Å². The SMILES string of the molecule is Cc1c(C)c(-c2ccc(O)cc2)c(-c2ccccc2)c(C)c1O. The van der Waals surface area contributed by atoms with Crippen LogP contribution in [0.15, 0.2) is 54.6 Å². The van der Waals surface area contributed by atoms with Gasteiger partial charge < -0.3 is 10.2 Å². The predicted molar refractivity (Wildman–Crippen MR) is 94.9 cm³/mol. The van der Waals surface area contributed by atoms with Crippen LogP contribution < -0.4 is 0 Å². The minimum Gasteiger partial charge on any atom is -0.508 e. The highest BCUT2D eigenvalue weighted by atomic mass is 16.3. The lowest BCUT2D eigenvalue weighted by molar-refractivity contribution is 0.466. The minimum atomic E-state index is 0.250. The monoisotopic (exact) mass is 304 g/mol. The van der Waals surface area contributed by atoms with Crippen LogP contribution in [0.5, 0.6) is 11.5 Å². The third-order valence-electron chi connectivity index (χ3n) is 4.49. The van der Waals surface area contributed by atoms with Gasteiger partial charge in [0.05, 0.1) is 0 Å². The van der Waals surface area contributed by atoms with E-state index in [0.29, 0.717) is 5.75 Å². The molecule has 23 heavy (non-hydrogen) atoms. The van der Waals surface area contributed by atoms with Crippen molar-refractivity contribution in [1.82, 2.24) is 0 Å². The first kappa shape index (κ1) is 15.2. The van der Waals surface area contributed by atoms with Gasteiger partial charge in [-0.2, -0.15) is 0 Å². The molecule has 3 aromatic carbocycles. The number of aromatic hydroxyl groups is 2. The molecule has 2 nitrogen and oxygen atoms in total. The third kappa shape index (κ3) is 2.57. The highest BCUT2D eigenvalue weighted by Crippen LogP contribution is 2.43. The molecule has 0 atom stereocenters. The highest BCUT2D eigenvalue weighted by molar-refractivity contribution is 5.90. The quantitative estimate of drug-likeness (QED) is 0.669. The summed E-state index contributed by atoms with van der Waals surface area (Å²) in [5, 5.41) is 20.1. The summed E-state index contributed by atoms with van der Waals surface area (Å²) in [5.74, 6) is 0.601. The zero-order valence-electron chi connectivity index (χ0n) is 13.6. The average Bonchev–Trinajstić information content (AvgIpc) is 2.58. The van der Waals surface area contributed by atoms with Crippen molar-refractivity contribution < 1.29 is 10.2 Å². The van der Waals surface area contributed by atoms with Crippen molar-refractivity contribution in [2.75, 3.05) is 0 Å². The van der Waals surface area contributed by atoms with Crippen molar-refractivity contribution in [3.63, 3.8) is 0 Å². The molecule has 3 aromatic rings. The summed E-state index contributed by atoms with van der Waals surface area (Å²) in [7, 11) is 0. The Kier molecular flexibility index (Phi) is 3.83. The Bertz CT molecular complexity index is 848. The number of phenolic OH excluding ortho intramolecular Hbond substituents is 2. The molecule has 0 aliphatic carbocycles. The molecule has 2 heteroatoms. The van der Waals surface area contributed by atoms with Crippen molar-refractivity contribution in [3.05, 3.63) is 71.3 Å².